The lowest BCUT2D eigenvalue weighted by molar-refractivity contribution is 0.0531. The number of benzene rings is 1. The smallest absolute Gasteiger partial charge is 0.350 e. The van der Waals surface area contributed by atoms with E-state index >= 15 is 0 Å². The third-order valence-corrected chi connectivity index (χ3v) is 4.09. The topological polar surface area (TPSA) is 80.7 Å². The van der Waals surface area contributed by atoms with Gasteiger partial charge in [-0.1, -0.05) is 23.5 Å². The summed E-state index contributed by atoms with van der Waals surface area (Å²) in [6.07, 6.45) is 0. The van der Waals surface area contributed by atoms with Crippen molar-refractivity contribution in [2.45, 2.75) is 20.4 Å². The quantitative estimate of drug-likeness (QED) is 0.796. The molecule has 0 radical (unpaired) electrons. The van der Waals surface area contributed by atoms with E-state index in [9.17, 15) is 9.90 Å². The van der Waals surface area contributed by atoms with Crippen LogP contribution in [0.4, 0.5) is 5.13 Å². The van der Waals surface area contributed by atoms with Crippen molar-refractivity contribution in [1.29, 1.82) is 0 Å². The van der Waals surface area contributed by atoms with E-state index < -0.39 is 0 Å². The van der Waals surface area contributed by atoms with E-state index in [2.05, 4.69) is 10.3 Å². The maximum absolute atomic E-state index is 11.8. The Kier molecular flexibility index (Phi) is 5.21. The molecular formula is C15H18N2O4S. The number of para-hydroxylation sites is 1. The molecule has 0 saturated carbocycles. The minimum absolute atomic E-state index is 0.0939. The fourth-order valence-electron chi connectivity index (χ4n) is 1.90. The summed E-state index contributed by atoms with van der Waals surface area (Å²) in [6.45, 7) is 4.23. The Balaban J connectivity index is 2.09. The van der Waals surface area contributed by atoms with Crippen molar-refractivity contribution in [3.05, 3.63) is 34.3 Å². The van der Waals surface area contributed by atoms with Crippen molar-refractivity contribution in [2.75, 3.05) is 19.0 Å². The minimum Gasteiger partial charge on any atom is -0.504 e. The van der Waals surface area contributed by atoms with Gasteiger partial charge in [-0.05, 0) is 19.9 Å². The Morgan fingerprint density at radius 2 is 2.23 bits per heavy atom. The van der Waals surface area contributed by atoms with Crippen LogP contribution < -0.4 is 10.1 Å². The second-order valence-corrected chi connectivity index (χ2v) is 5.47. The van der Waals surface area contributed by atoms with E-state index in [0.717, 1.165) is 0 Å². The standard InChI is InChI=1S/C15H18N2O4S/c1-4-21-14(19)13-9(2)17-15(22-13)16-8-10-6-5-7-11(20-3)12(10)18/h5-7,18H,4,8H2,1-3H3,(H,16,17). The first-order chi connectivity index (χ1) is 10.6. The molecular weight excluding hydrogens is 304 g/mol. The van der Waals surface area contributed by atoms with Crippen molar-refractivity contribution < 1.29 is 19.4 Å². The molecule has 2 N–H and O–H groups in total. The second kappa shape index (κ2) is 7.13. The van der Waals surface area contributed by atoms with E-state index in [1.54, 1.807) is 32.0 Å². The Morgan fingerprint density at radius 1 is 1.45 bits per heavy atom. The number of nitrogens with zero attached hydrogens (tertiary/aromatic N) is 1. The molecule has 0 aliphatic rings. The van der Waals surface area contributed by atoms with Gasteiger partial charge in [-0.15, -0.1) is 0 Å². The number of hydrogen-bond acceptors (Lipinski definition) is 7. The van der Waals surface area contributed by atoms with Gasteiger partial charge in [0.05, 0.1) is 19.4 Å². The molecule has 0 aliphatic carbocycles. The van der Waals surface area contributed by atoms with Crippen LogP contribution in [0.1, 0.15) is 27.9 Å². The monoisotopic (exact) mass is 322 g/mol. The summed E-state index contributed by atoms with van der Waals surface area (Å²) in [5.41, 5.74) is 1.31. The van der Waals surface area contributed by atoms with Crippen LogP contribution in [0.3, 0.4) is 0 Å². The summed E-state index contributed by atoms with van der Waals surface area (Å²) in [4.78, 5) is 16.5. The molecule has 1 aromatic heterocycles. The van der Waals surface area contributed by atoms with Gasteiger partial charge >= 0.3 is 5.97 Å². The third kappa shape index (κ3) is 3.48. The van der Waals surface area contributed by atoms with Crippen LogP contribution in [-0.2, 0) is 11.3 Å². The van der Waals surface area contributed by atoms with Gasteiger partial charge in [0.2, 0.25) is 0 Å². The Bertz CT molecular complexity index is 670. The highest BCUT2D eigenvalue weighted by atomic mass is 32.1. The minimum atomic E-state index is -0.366. The largest absolute Gasteiger partial charge is 0.504 e. The maximum atomic E-state index is 11.8. The fourth-order valence-corrected chi connectivity index (χ4v) is 2.76. The van der Waals surface area contributed by atoms with E-state index in [1.807, 2.05) is 0 Å². The number of thiazole rings is 1. The summed E-state index contributed by atoms with van der Waals surface area (Å²) in [5.74, 6) is 0.146. The number of phenols is 1. The number of nitrogens with one attached hydrogen (secondary N) is 1. The van der Waals surface area contributed by atoms with E-state index in [-0.39, 0.29) is 11.7 Å². The van der Waals surface area contributed by atoms with Gasteiger partial charge in [0.15, 0.2) is 16.6 Å². The molecule has 2 aromatic rings. The van der Waals surface area contributed by atoms with Crippen molar-refractivity contribution in [3.8, 4) is 11.5 Å². The Morgan fingerprint density at radius 3 is 2.91 bits per heavy atom. The number of carbonyl (C=O) groups is 1. The zero-order valence-corrected chi connectivity index (χ0v) is 13.5. The van der Waals surface area contributed by atoms with Crippen LogP contribution in [0.5, 0.6) is 11.5 Å². The number of phenolic OH excluding ortho intramolecular Hbond substituents is 1. The number of aromatic nitrogens is 1. The van der Waals surface area contributed by atoms with E-state index in [4.69, 9.17) is 9.47 Å². The van der Waals surface area contributed by atoms with Crippen molar-refractivity contribution in [3.63, 3.8) is 0 Å². The molecule has 6 nitrogen and oxygen atoms in total. The predicted molar refractivity (Wildman–Crippen MR) is 84.8 cm³/mol. The number of carbonyl (C=O) groups excluding carboxylic acids is 1. The number of esters is 1. The van der Waals surface area contributed by atoms with Crippen LogP contribution in [-0.4, -0.2) is 29.8 Å². The van der Waals surface area contributed by atoms with Gasteiger partial charge in [-0.3, -0.25) is 0 Å². The van der Waals surface area contributed by atoms with E-state index in [1.165, 1.54) is 18.4 Å². The molecule has 0 atom stereocenters. The highest BCUT2D eigenvalue weighted by Gasteiger charge is 2.16. The summed E-state index contributed by atoms with van der Waals surface area (Å²) < 4.78 is 10.0. The van der Waals surface area contributed by atoms with Crippen LogP contribution >= 0.6 is 11.3 Å². The normalized spacial score (nSPS) is 10.3. The molecule has 0 spiro atoms. The molecule has 7 heteroatoms. The molecule has 0 aliphatic heterocycles. The Hall–Kier alpha value is -2.28. The molecule has 118 valence electrons. The maximum Gasteiger partial charge on any atom is 0.350 e. The first-order valence-electron chi connectivity index (χ1n) is 6.80. The van der Waals surface area contributed by atoms with Crippen LogP contribution in [0.15, 0.2) is 18.2 Å². The molecule has 0 amide bonds. The van der Waals surface area contributed by atoms with Gasteiger partial charge in [-0.2, -0.15) is 0 Å². The lowest BCUT2D eigenvalue weighted by Gasteiger charge is -2.09. The zero-order chi connectivity index (χ0) is 16.1. The highest BCUT2D eigenvalue weighted by Crippen LogP contribution is 2.30. The zero-order valence-electron chi connectivity index (χ0n) is 12.7. The number of methoxy groups -OCH3 is 1. The molecule has 22 heavy (non-hydrogen) atoms. The van der Waals surface area contributed by atoms with Gasteiger partial charge in [-0.25, -0.2) is 9.78 Å². The Labute approximate surface area is 132 Å². The third-order valence-electron chi connectivity index (χ3n) is 2.99. The van der Waals surface area contributed by atoms with Crippen LogP contribution in [0.2, 0.25) is 0 Å². The summed E-state index contributed by atoms with van der Waals surface area (Å²) >= 11 is 1.23. The van der Waals surface area contributed by atoms with Crippen LogP contribution in [0.25, 0.3) is 0 Å². The van der Waals surface area contributed by atoms with Crippen molar-refractivity contribution in [1.82, 2.24) is 4.98 Å². The lowest BCUT2D eigenvalue weighted by Crippen LogP contribution is -2.03. The van der Waals surface area contributed by atoms with Gasteiger partial charge < -0.3 is 19.9 Å². The first kappa shape index (κ1) is 16.1. The summed E-state index contributed by atoms with van der Waals surface area (Å²) in [7, 11) is 1.50. The molecule has 1 aromatic carbocycles. The number of ether oxygens (including phenoxy) is 2. The lowest BCUT2D eigenvalue weighted by atomic mass is 10.2. The van der Waals surface area contributed by atoms with Crippen molar-refractivity contribution in [2.24, 2.45) is 0 Å². The number of aromatic hydroxyl groups is 1. The predicted octanol–water partition coefficient (Wildman–Crippen LogP) is 2.95. The molecule has 1 heterocycles. The van der Waals surface area contributed by atoms with Gasteiger partial charge in [0, 0.05) is 12.1 Å². The molecule has 0 fully saturated rings. The summed E-state index contributed by atoms with van der Waals surface area (Å²) in [6, 6.07) is 5.27. The second-order valence-electron chi connectivity index (χ2n) is 4.48. The molecule has 0 bridgehead atoms. The van der Waals surface area contributed by atoms with Gasteiger partial charge in [0.1, 0.15) is 4.88 Å². The number of anilines is 1. The summed E-state index contributed by atoms with van der Waals surface area (Å²) in [5, 5.41) is 13.7. The fraction of sp³-hybridized carbons (Fsp3) is 0.333. The molecule has 0 unspecified atom stereocenters. The number of hydrogen-bond donors (Lipinski definition) is 2. The van der Waals surface area contributed by atoms with Crippen LogP contribution in [0, 0.1) is 6.92 Å². The molecule has 0 saturated heterocycles. The average Bonchev–Trinajstić information content (AvgIpc) is 2.87. The van der Waals surface area contributed by atoms with E-state index in [0.29, 0.717) is 40.2 Å². The highest BCUT2D eigenvalue weighted by molar-refractivity contribution is 7.17. The first-order valence-corrected chi connectivity index (χ1v) is 7.61. The molecule has 2 rings (SSSR count). The van der Waals surface area contributed by atoms with Gasteiger partial charge in [0.25, 0.3) is 0 Å². The number of rotatable bonds is 6. The average molecular weight is 322 g/mol. The SMILES string of the molecule is CCOC(=O)c1sc(NCc2cccc(OC)c2O)nc1C. The van der Waals surface area contributed by atoms with Crippen molar-refractivity contribution >= 4 is 22.4 Å². The number of aryl methyl sites for hydroxylation is 1.